The van der Waals surface area contributed by atoms with Crippen LogP contribution >= 0.6 is 0 Å². The molecule has 1 aliphatic heterocycles. The zero-order chi connectivity index (χ0) is 15.0. The Kier molecular flexibility index (Phi) is 3.29. The van der Waals surface area contributed by atoms with Gasteiger partial charge in [-0.05, 0) is 31.0 Å². The van der Waals surface area contributed by atoms with E-state index < -0.39 is 0 Å². The molecule has 6 nitrogen and oxygen atoms in total. The molecule has 0 aliphatic carbocycles. The van der Waals surface area contributed by atoms with Gasteiger partial charge >= 0.3 is 0 Å². The SMILES string of the molecule is NC(=O)C1CCN(C(=O)c2c[nH]c3ccc(N)cc23)CC1. The number of likely N-dealkylation sites (tertiary alicyclic amines) is 1. The van der Waals surface area contributed by atoms with Gasteiger partial charge < -0.3 is 21.4 Å². The Hall–Kier alpha value is -2.50. The van der Waals surface area contributed by atoms with Gasteiger partial charge in [0, 0.05) is 41.8 Å². The van der Waals surface area contributed by atoms with Crippen LogP contribution in [0.1, 0.15) is 23.2 Å². The van der Waals surface area contributed by atoms with Crippen LogP contribution in [0.4, 0.5) is 5.69 Å². The van der Waals surface area contributed by atoms with Crippen LogP contribution in [-0.2, 0) is 4.79 Å². The summed E-state index contributed by atoms with van der Waals surface area (Å²) in [6, 6.07) is 5.46. The van der Waals surface area contributed by atoms with Crippen molar-refractivity contribution in [3.63, 3.8) is 0 Å². The number of piperidine rings is 1. The zero-order valence-corrected chi connectivity index (χ0v) is 11.6. The summed E-state index contributed by atoms with van der Waals surface area (Å²) < 4.78 is 0. The molecule has 0 atom stereocenters. The number of nitrogens with two attached hydrogens (primary N) is 2. The molecule has 2 amide bonds. The van der Waals surface area contributed by atoms with Crippen LogP contribution in [0, 0.1) is 5.92 Å². The largest absolute Gasteiger partial charge is 0.399 e. The topological polar surface area (TPSA) is 105 Å². The molecule has 5 N–H and O–H groups in total. The van der Waals surface area contributed by atoms with E-state index >= 15 is 0 Å². The average Bonchev–Trinajstić information content (AvgIpc) is 2.89. The number of amides is 2. The molecule has 110 valence electrons. The van der Waals surface area contributed by atoms with Crippen LogP contribution in [0.25, 0.3) is 10.9 Å². The third-order valence-corrected chi connectivity index (χ3v) is 4.12. The molecule has 21 heavy (non-hydrogen) atoms. The molecule has 6 heteroatoms. The number of nitrogens with zero attached hydrogens (tertiary/aromatic N) is 1. The molecular weight excluding hydrogens is 268 g/mol. The molecule has 1 saturated heterocycles. The summed E-state index contributed by atoms with van der Waals surface area (Å²) >= 11 is 0. The van der Waals surface area contributed by atoms with Gasteiger partial charge in [-0.15, -0.1) is 0 Å². The predicted molar refractivity (Wildman–Crippen MR) is 80.5 cm³/mol. The fourth-order valence-electron chi connectivity index (χ4n) is 2.85. The number of hydrogen-bond donors (Lipinski definition) is 3. The van der Waals surface area contributed by atoms with Gasteiger partial charge in [-0.25, -0.2) is 0 Å². The first-order valence-electron chi connectivity index (χ1n) is 7.01. The molecule has 0 unspecified atom stereocenters. The normalized spacial score (nSPS) is 16.3. The van der Waals surface area contributed by atoms with E-state index in [0.717, 1.165) is 10.9 Å². The van der Waals surface area contributed by atoms with E-state index in [1.54, 1.807) is 23.2 Å². The number of anilines is 1. The highest BCUT2D eigenvalue weighted by Gasteiger charge is 2.27. The van der Waals surface area contributed by atoms with Crippen molar-refractivity contribution < 1.29 is 9.59 Å². The van der Waals surface area contributed by atoms with Crippen LogP contribution in [0.2, 0.25) is 0 Å². The number of aromatic amines is 1. The maximum absolute atomic E-state index is 12.6. The van der Waals surface area contributed by atoms with Gasteiger partial charge in [0.1, 0.15) is 0 Å². The third kappa shape index (κ3) is 2.44. The summed E-state index contributed by atoms with van der Waals surface area (Å²) in [5.74, 6) is -0.426. The van der Waals surface area contributed by atoms with Gasteiger partial charge in [0.25, 0.3) is 5.91 Å². The van der Waals surface area contributed by atoms with E-state index in [2.05, 4.69) is 4.98 Å². The maximum atomic E-state index is 12.6. The fourth-order valence-corrected chi connectivity index (χ4v) is 2.85. The minimum atomic E-state index is -0.276. The lowest BCUT2D eigenvalue weighted by Gasteiger charge is -2.30. The smallest absolute Gasteiger partial charge is 0.256 e. The highest BCUT2D eigenvalue weighted by Crippen LogP contribution is 2.24. The Labute approximate surface area is 122 Å². The van der Waals surface area contributed by atoms with Crippen molar-refractivity contribution in [1.82, 2.24) is 9.88 Å². The van der Waals surface area contributed by atoms with Crippen molar-refractivity contribution in [3.05, 3.63) is 30.0 Å². The van der Waals surface area contributed by atoms with Gasteiger partial charge in [0.15, 0.2) is 0 Å². The van der Waals surface area contributed by atoms with Crippen LogP contribution in [0.15, 0.2) is 24.4 Å². The number of rotatable bonds is 2. The maximum Gasteiger partial charge on any atom is 0.256 e. The number of primary amides is 1. The minimum Gasteiger partial charge on any atom is -0.399 e. The average molecular weight is 286 g/mol. The van der Waals surface area contributed by atoms with Gasteiger partial charge in [-0.1, -0.05) is 0 Å². The Bertz CT molecular complexity index is 699. The summed E-state index contributed by atoms with van der Waals surface area (Å²) in [5.41, 5.74) is 13.2. The van der Waals surface area contributed by atoms with Crippen molar-refractivity contribution in [2.45, 2.75) is 12.8 Å². The number of carbonyl (C=O) groups excluding carboxylic acids is 2. The van der Waals surface area contributed by atoms with Gasteiger partial charge in [-0.2, -0.15) is 0 Å². The first-order valence-corrected chi connectivity index (χ1v) is 7.01. The van der Waals surface area contributed by atoms with E-state index in [1.807, 2.05) is 6.07 Å². The van der Waals surface area contributed by atoms with E-state index in [-0.39, 0.29) is 17.7 Å². The first kappa shape index (κ1) is 13.5. The minimum absolute atomic E-state index is 0.0326. The quantitative estimate of drug-likeness (QED) is 0.719. The lowest BCUT2D eigenvalue weighted by atomic mass is 9.96. The molecule has 0 radical (unpaired) electrons. The van der Waals surface area contributed by atoms with Crippen molar-refractivity contribution >= 4 is 28.4 Å². The molecule has 3 rings (SSSR count). The lowest BCUT2D eigenvalue weighted by molar-refractivity contribution is -0.123. The number of carbonyl (C=O) groups is 2. The van der Waals surface area contributed by atoms with Crippen LogP contribution in [-0.4, -0.2) is 34.8 Å². The van der Waals surface area contributed by atoms with E-state index in [9.17, 15) is 9.59 Å². The van der Waals surface area contributed by atoms with Crippen molar-refractivity contribution in [2.24, 2.45) is 11.7 Å². The summed E-state index contributed by atoms with van der Waals surface area (Å²) in [4.78, 5) is 28.6. The van der Waals surface area contributed by atoms with E-state index in [0.29, 0.717) is 37.2 Å². The number of benzene rings is 1. The zero-order valence-electron chi connectivity index (χ0n) is 11.6. The summed E-state index contributed by atoms with van der Waals surface area (Å²) in [6.45, 7) is 1.11. The molecule has 1 aromatic heterocycles. The van der Waals surface area contributed by atoms with Crippen LogP contribution < -0.4 is 11.5 Å². The second-order valence-electron chi connectivity index (χ2n) is 5.48. The number of nitrogens with one attached hydrogen (secondary N) is 1. The molecule has 0 bridgehead atoms. The van der Waals surface area contributed by atoms with Gasteiger partial charge in [0.05, 0.1) is 5.56 Å². The molecule has 0 saturated carbocycles. The van der Waals surface area contributed by atoms with Crippen molar-refractivity contribution in [1.29, 1.82) is 0 Å². The molecule has 0 spiro atoms. The van der Waals surface area contributed by atoms with E-state index in [4.69, 9.17) is 11.5 Å². The second-order valence-corrected chi connectivity index (χ2v) is 5.48. The number of H-pyrrole nitrogens is 1. The fraction of sp³-hybridized carbons (Fsp3) is 0.333. The number of hydrogen-bond acceptors (Lipinski definition) is 3. The number of fused-ring (bicyclic) bond motifs is 1. The first-order chi connectivity index (χ1) is 10.1. The molecule has 2 aromatic rings. The second kappa shape index (κ2) is 5.12. The standard InChI is InChI=1S/C15H18N4O2/c16-10-1-2-13-11(7-10)12(8-18-13)15(21)19-5-3-9(4-6-19)14(17)20/h1-2,7-9,18H,3-6,16H2,(H2,17,20). The van der Waals surface area contributed by atoms with Crippen molar-refractivity contribution in [3.8, 4) is 0 Å². The molecule has 1 aliphatic rings. The highest BCUT2D eigenvalue weighted by atomic mass is 16.2. The summed E-state index contributed by atoms with van der Waals surface area (Å²) in [7, 11) is 0. The van der Waals surface area contributed by atoms with E-state index in [1.165, 1.54) is 0 Å². The summed E-state index contributed by atoms with van der Waals surface area (Å²) in [6.07, 6.45) is 2.98. The Morgan fingerprint density at radius 1 is 1.24 bits per heavy atom. The number of aromatic nitrogens is 1. The van der Waals surface area contributed by atoms with Gasteiger partial charge in [-0.3, -0.25) is 9.59 Å². The Morgan fingerprint density at radius 3 is 2.62 bits per heavy atom. The number of nitrogen functional groups attached to an aromatic ring is 1. The van der Waals surface area contributed by atoms with Crippen LogP contribution in [0.5, 0.6) is 0 Å². The summed E-state index contributed by atoms with van der Waals surface area (Å²) in [5, 5.41) is 0.831. The Balaban J connectivity index is 1.82. The third-order valence-electron chi connectivity index (χ3n) is 4.12. The van der Waals surface area contributed by atoms with Gasteiger partial charge in [0.2, 0.25) is 5.91 Å². The lowest BCUT2D eigenvalue weighted by Crippen LogP contribution is -2.41. The monoisotopic (exact) mass is 286 g/mol. The highest BCUT2D eigenvalue weighted by molar-refractivity contribution is 6.07. The molecule has 2 heterocycles. The molecule has 1 aromatic carbocycles. The Morgan fingerprint density at radius 2 is 1.95 bits per heavy atom. The molecular formula is C15H18N4O2. The predicted octanol–water partition coefficient (Wildman–Crippen LogP) is 1.09. The molecule has 1 fully saturated rings. The van der Waals surface area contributed by atoms with Crippen molar-refractivity contribution in [2.75, 3.05) is 18.8 Å². The van der Waals surface area contributed by atoms with Crippen LogP contribution in [0.3, 0.4) is 0 Å².